The van der Waals surface area contributed by atoms with Crippen LogP contribution in [0.5, 0.6) is 0 Å². The highest BCUT2D eigenvalue weighted by Gasteiger charge is 2.44. The lowest BCUT2D eigenvalue weighted by Gasteiger charge is -2.19. The fourth-order valence-corrected chi connectivity index (χ4v) is 3.26. The molecule has 2 aromatic carbocycles. The van der Waals surface area contributed by atoms with E-state index in [2.05, 4.69) is 20.9 Å². The number of guanidine groups is 1. The van der Waals surface area contributed by atoms with E-state index in [0.29, 0.717) is 31.2 Å². The average Bonchev–Trinajstić information content (AvgIpc) is 3.48. The number of nitrogens with zero attached hydrogens (tertiary/aromatic N) is 1. The molecule has 0 spiro atoms. The van der Waals surface area contributed by atoms with Gasteiger partial charge in [0.1, 0.15) is 5.82 Å². The minimum Gasteiger partial charge on any atom is -0.356 e. The van der Waals surface area contributed by atoms with Crippen LogP contribution in [0.15, 0.2) is 53.5 Å². The Hall–Kier alpha value is -2.89. The van der Waals surface area contributed by atoms with E-state index in [-0.39, 0.29) is 17.1 Å². The number of carbonyl (C=O) groups is 1. The van der Waals surface area contributed by atoms with Crippen LogP contribution in [0, 0.1) is 12.7 Å². The monoisotopic (exact) mass is 382 g/mol. The van der Waals surface area contributed by atoms with E-state index in [0.717, 1.165) is 24.0 Å². The van der Waals surface area contributed by atoms with Crippen molar-refractivity contribution in [1.82, 2.24) is 16.0 Å². The molecule has 0 atom stereocenters. The topological polar surface area (TPSA) is 65.5 Å². The van der Waals surface area contributed by atoms with Crippen molar-refractivity contribution in [2.75, 3.05) is 26.7 Å². The summed E-state index contributed by atoms with van der Waals surface area (Å²) in [5, 5.41) is 9.42. The van der Waals surface area contributed by atoms with E-state index in [1.807, 2.05) is 31.2 Å². The summed E-state index contributed by atoms with van der Waals surface area (Å²) < 4.78 is 13.5. The average molecular weight is 382 g/mol. The summed E-state index contributed by atoms with van der Waals surface area (Å²) in [6, 6.07) is 14.3. The summed E-state index contributed by atoms with van der Waals surface area (Å²) in [5.74, 6) is 0.389. The highest BCUT2D eigenvalue weighted by Crippen LogP contribution is 2.47. The van der Waals surface area contributed by atoms with Crippen molar-refractivity contribution in [3.63, 3.8) is 0 Å². The second-order valence-electron chi connectivity index (χ2n) is 7.27. The summed E-state index contributed by atoms with van der Waals surface area (Å²) in [7, 11) is 1.71. The Labute approximate surface area is 165 Å². The maximum atomic E-state index is 13.5. The Bertz CT molecular complexity index is 861. The zero-order valence-electron chi connectivity index (χ0n) is 16.4. The highest BCUT2D eigenvalue weighted by molar-refractivity contribution is 5.94. The van der Waals surface area contributed by atoms with Crippen molar-refractivity contribution in [1.29, 1.82) is 0 Å². The molecule has 1 aliphatic rings. The number of rotatable bonds is 7. The number of aryl methyl sites for hydroxylation is 1. The largest absolute Gasteiger partial charge is 0.356 e. The Kier molecular flexibility index (Phi) is 6.29. The van der Waals surface area contributed by atoms with Gasteiger partial charge in [-0.3, -0.25) is 9.79 Å². The number of amides is 1. The van der Waals surface area contributed by atoms with Crippen LogP contribution in [-0.2, 0) is 5.41 Å². The Morgan fingerprint density at radius 2 is 1.82 bits per heavy atom. The third-order valence-corrected chi connectivity index (χ3v) is 5.09. The number of nitrogens with one attached hydrogen (secondary N) is 3. The fraction of sp³-hybridized carbons (Fsp3) is 0.364. The van der Waals surface area contributed by atoms with Crippen molar-refractivity contribution in [2.45, 2.75) is 25.2 Å². The molecule has 1 aliphatic carbocycles. The summed E-state index contributed by atoms with van der Waals surface area (Å²) >= 11 is 0. The van der Waals surface area contributed by atoms with E-state index in [4.69, 9.17) is 0 Å². The minimum absolute atomic E-state index is 0.0148. The normalized spacial score (nSPS) is 15.0. The number of halogens is 1. The maximum absolute atomic E-state index is 13.5. The van der Waals surface area contributed by atoms with Gasteiger partial charge in [0.15, 0.2) is 5.96 Å². The molecule has 3 N–H and O–H groups in total. The van der Waals surface area contributed by atoms with Crippen molar-refractivity contribution in [2.24, 2.45) is 4.99 Å². The van der Waals surface area contributed by atoms with Crippen LogP contribution in [0.1, 0.15) is 34.3 Å². The smallest absolute Gasteiger partial charge is 0.251 e. The molecule has 0 heterocycles. The molecule has 2 aromatic rings. The second kappa shape index (κ2) is 8.87. The molecule has 28 heavy (non-hydrogen) atoms. The SMILES string of the molecule is CN=C(NCCNC(=O)c1cccc(C)c1)NCC1(c2cccc(F)c2)CC1. The summed E-state index contributed by atoms with van der Waals surface area (Å²) in [5.41, 5.74) is 2.73. The van der Waals surface area contributed by atoms with Crippen LogP contribution < -0.4 is 16.0 Å². The van der Waals surface area contributed by atoms with Crippen LogP contribution in [0.3, 0.4) is 0 Å². The highest BCUT2D eigenvalue weighted by atomic mass is 19.1. The van der Waals surface area contributed by atoms with Gasteiger partial charge in [-0.25, -0.2) is 4.39 Å². The predicted octanol–water partition coefficient (Wildman–Crippen LogP) is 2.76. The molecule has 3 rings (SSSR count). The lowest BCUT2D eigenvalue weighted by molar-refractivity contribution is 0.0954. The molecule has 0 radical (unpaired) electrons. The zero-order chi connectivity index (χ0) is 20.0. The van der Waals surface area contributed by atoms with E-state index >= 15 is 0 Å². The van der Waals surface area contributed by atoms with Gasteiger partial charge in [-0.05, 0) is 49.6 Å². The summed E-state index contributed by atoms with van der Waals surface area (Å²) in [4.78, 5) is 16.4. The van der Waals surface area contributed by atoms with Gasteiger partial charge < -0.3 is 16.0 Å². The zero-order valence-corrected chi connectivity index (χ0v) is 16.4. The number of benzene rings is 2. The Balaban J connectivity index is 1.42. The van der Waals surface area contributed by atoms with Crippen molar-refractivity contribution in [3.8, 4) is 0 Å². The molecule has 1 saturated carbocycles. The maximum Gasteiger partial charge on any atom is 0.251 e. The number of aliphatic imine (C=N–C) groups is 1. The van der Waals surface area contributed by atoms with Gasteiger partial charge in [0, 0.05) is 37.7 Å². The molecular weight excluding hydrogens is 355 g/mol. The molecule has 1 amide bonds. The number of hydrogen-bond donors (Lipinski definition) is 3. The van der Waals surface area contributed by atoms with Crippen LogP contribution in [0.2, 0.25) is 0 Å². The summed E-state index contributed by atoms with van der Waals surface area (Å²) in [6.45, 7) is 3.71. The molecule has 6 heteroatoms. The van der Waals surface area contributed by atoms with Crippen LogP contribution >= 0.6 is 0 Å². The van der Waals surface area contributed by atoms with Gasteiger partial charge in [-0.15, -0.1) is 0 Å². The van der Waals surface area contributed by atoms with Gasteiger partial charge in [0.05, 0.1) is 0 Å². The van der Waals surface area contributed by atoms with Crippen molar-refractivity contribution in [3.05, 3.63) is 71.0 Å². The first-order valence-electron chi connectivity index (χ1n) is 9.58. The third-order valence-electron chi connectivity index (χ3n) is 5.09. The molecule has 0 aliphatic heterocycles. The molecule has 0 bridgehead atoms. The number of carbonyl (C=O) groups excluding carboxylic acids is 1. The molecule has 1 fully saturated rings. The molecular formula is C22H27FN4O. The van der Waals surface area contributed by atoms with Crippen molar-refractivity contribution < 1.29 is 9.18 Å². The first-order valence-corrected chi connectivity index (χ1v) is 9.58. The molecule has 0 aromatic heterocycles. The van der Waals surface area contributed by atoms with Crippen molar-refractivity contribution >= 4 is 11.9 Å². The molecule has 0 unspecified atom stereocenters. The van der Waals surface area contributed by atoms with Gasteiger partial charge in [0.25, 0.3) is 5.91 Å². The summed E-state index contributed by atoms with van der Waals surface area (Å²) in [6.07, 6.45) is 2.07. The predicted molar refractivity (Wildman–Crippen MR) is 110 cm³/mol. The molecule has 5 nitrogen and oxygen atoms in total. The Morgan fingerprint density at radius 3 is 2.50 bits per heavy atom. The standard InChI is InChI=1S/C22H27FN4O/c1-16-5-3-6-17(13-16)20(28)25-11-12-26-21(24-2)27-15-22(9-10-22)18-7-4-8-19(23)14-18/h3-8,13-14H,9-12,15H2,1-2H3,(H,25,28)(H2,24,26,27). The first-order chi connectivity index (χ1) is 13.5. The van der Waals surface area contributed by atoms with Crippen LogP contribution in [-0.4, -0.2) is 38.5 Å². The van der Waals surface area contributed by atoms with Gasteiger partial charge in [-0.2, -0.15) is 0 Å². The van der Waals surface area contributed by atoms with Gasteiger partial charge in [0.2, 0.25) is 0 Å². The lowest BCUT2D eigenvalue weighted by Crippen LogP contribution is -2.44. The van der Waals surface area contributed by atoms with E-state index < -0.39 is 0 Å². The number of hydrogen-bond acceptors (Lipinski definition) is 2. The third kappa shape index (κ3) is 5.09. The minimum atomic E-state index is -0.198. The van der Waals surface area contributed by atoms with E-state index in [1.54, 1.807) is 25.2 Å². The van der Waals surface area contributed by atoms with Crippen LogP contribution in [0.25, 0.3) is 0 Å². The molecule has 148 valence electrons. The fourth-order valence-electron chi connectivity index (χ4n) is 3.26. The lowest BCUT2D eigenvalue weighted by atomic mass is 9.96. The van der Waals surface area contributed by atoms with Gasteiger partial charge in [-0.1, -0.05) is 29.8 Å². The van der Waals surface area contributed by atoms with E-state index in [1.165, 1.54) is 6.07 Å². The van der Waals surface area contributed by atoms with Crippen LogP contribution in [0.4, 0.5) is 4.39 Å². The quantitative estimate of drug-likeness (QED) is 0.392. The second-order valence-corrected chi connectivity index (χ2v) is 7.27. The van der Waals surface area contributed by atoms with Gasteiger partial charge >= 0.3 is 0 Å². The Morgan fingerprint density at radius 1 is 1.07 bits per heavy atom. The first kappa shape index (κ1) is 19.9. The molecule has 0 saturated heterocycles. The van der Waals surface area contributed by atoms with E-state index in [9.17, 15) is 9.18 Å².